The second-order valence-corrected chi connectivity index (χ2v) is 7.00. The number of anilines is 1. The van der Waals surface area contributed by atoms with Crippen LogP contribution in [0.2, 0.25) is 0 Å². The highest BCUT2D eigenvalue weighted by Gasteiger charge is 2.23. The fraction of sp³-hybridized carbons (Fsp3) is 0.316. The summed E-state index contributed by atoms with van der Waals surface area (Å²) in [6, 6.07) is 14.2. The van der Waals surface area contributed by atoms with Gasteiger partial charge in [0, 0.05) is 41.9 Å². The van der Waals surface area contributed by atoms with Gasteiger partial charge in [0.25, 0.3) is 5.91 Å². The summed E-state index contributed by atoms with van der Waals surface area (Å²) in [5.74, 6) is 0.117. The average molecular weight is 373 g/mol. The Morgan fingerprint density at radius 1 is 1.00 bits per heavy atom. The van der Waals surface area contributed by atoms with Gasteiger partial charge in [-0.05, 0) is 43.7 Å². The maximum atomic E-state index is 12.6. The van der Waals surface area contributed by atoms with E-state index in [-0.39, 0.29) is 5.91 Å². The third-order valence-electron chi connectivity index (χ3n) is 4.33. The zero-order valence-electron chi connectivity index (χ0n) is 13.6. The summed E-state index contributed by atoms with van der Waals surface area (Å²) in [4.78, 5) is 16.9. The quantitative estimate of drug-likeness (QED) is 0.794. The monoisotopic (exact) mass is 372 g/mol. The number of carbonyl (C=O) groups is 1. The molecule has 0 bridgehead atoms. The lowest BCUT2D eigenvalue weighted by atomic mass is 10.1. The van der Waals surface area contributed by atoms with E-state index in [0.717, 1.165) is 36.2 Å². The molecule has 3 rings (SSSR count). The van der Waals surface area contributed by atoms with E-state index in [4.69, 9.17) is 0 Å². The van der Waals surface area contributed by atoms with Crippen LogP contribution in [0.4, 0.5) is 5.69 Å². The number of hydrogen-bond acceptors (Lipinski definition) is 2. The lowest BCUT2D eigenvalue weighted by molar-refractivity contribution is 0.0746. The first-order valence-electron chi connectivity index (χ1n) is 7.91. The molecular formula is C19H21BrN2O. The van der Waals surface area contributed by atoms with E-state index in [0.29, 0.717) is 0 Å². The van der Waals surface area contributed by atoms with Crippen molar-refractivity contribution in [1.82, 2.24) is 4.90 Å². The van der Waals surface area contributed by atoms with Crippen LogP contribution in [0.3, 0.4) is 0 Å². The van der Waals surface area contributed by atoms with E-state index >= 15 is 0 Å². The zero-order valence-corrected chi connectivity index (χ0v) is 15.1. The van der Waals surface area contributed by atoms with Gasteiger partial charge < -0.3 is 9.80 Å². The molecule has 2 aromatic rings. The summed E-state index contributed by atoms with van der Waals surface area (Å²) in [7, 11) is 0. The van der Waals surface area contributed by atoms with Gasteiger partial charge in [-0.1, -0.05) is 39.7 Å². The predicted molar refractivity (Wildman–Crippen MR) is 98.2 cm³/mol. The molecule has 23 heavy (non-hydrogen) atoms. The summed E-state index contributed by atoms with van der Waals surface area (Å²) in [6.45, 7) is 7.55. The van der Waals surface area contributed by atoms with E-state index < -0.39 is 0 Å². The molecule has 3 nitrogen and oxygen atoms in total. The maximum Gasteiger partial charge on any atom is 0.254 e. The average Bonchev–Trinajstić information content (AvgIpc) is 2.54. The summed E-state index contributed by atoms with van der Waals surface area (Å²) < 4.78 is 0.942. The highest BCUT2D eigenvalue weighted by molar-refractivity contribution is 9.10. The van der Waals surface area contributed by atoms with Crippen molar-refractivity contribution in [3.8, 4) is 0 Å². The fourth-order valence-electron chi connectivity index (χ4n) is 3.11. The molecule has 1 amide bonds. The minimum absolute atomic E-state index is 0.117. The van der Waals surface area contributed by atoms with Crippen LogP contribution in [0.25, 0.3) is 0 Å². The van der Waals surface area contributed by atoms with E-state index in [2.05, 4.69) is 52.9 Å². The largest absolute Gasteiger partial charge is 0.368 e. The van der Waals surface area contributed by atoms with Crippen molar-refractivity contribution < 1.29 is 4.79 Å². The first-order valence-corrected chi connectivity index (χ1v) is 8.71. The van der Waals surface area contributed by atoms with Crippen LogP contribution in [0, 0.1) is 13.8 Å². The Balaban J connectivity index is 1.67. The Hall–Kier alpha value is -1.81. The third kappa shape index (κ3) is 3.58. The number of benzene rings is 2. The molecule has 0 radical (unpaired) electrons. The molecule has 2 aromatic carbocycles. The normalized spacial score (nSPS) is 14.9. The van der Waals surface area contributed by atoms with Gasteiger partial charge in [-0.25, -0.2) is 0 Å². The number of amides is 1. The Morgan fingerprint density at radius 3 is 2.39 bits per heavy atom. The van der Waals surface area contributed by atoms with Crippen molar-refractivity contribution >= 4 is 27.5 Å². The van der Waals surface area contributed by atoms with E-state index in [1.807, 2.05) is 29.2 Å². The SMILES string of the molecule is Cc1ccc(N2CCN(C(=O)c3cccc(Br)c3)CC2)c(C)c1. The minimum Gasteiger partial charge on any atom is -0.368 e. The molecule has 1 saturated heterocycles. The van der Waals surface area contributed by atoms with Crippen molar-refractivity contribution in [2.45, 2.75) is 13.8 Å². The first kappa shape index (κ1) is 16.1. The molecule has 0 atom stereocenters. The molecule has 0 aliphatic carbocycles. The molecule has 0 unspecified atom stereocenters. The fourth-order valence-corrected chi connectivity index (χ4v) is 3.51. The van der Waals surface area contributed by atoms with Crippen LogP contribution in [0.15, 0.2) is 46.9 Å². The van der Waals surface area contributed by atoms with Gasteiger partial charge in [0.05, 0.1) is 0 Å². The van der Waals surface area contributed by atoms with Gasteiger partial charge in [0.15, 0.2) is 0 Å². The predicted octanol–water partition coefficient (Wildman–Crippen LogP) is 4.03. The molecule has 0 N–H and O–H groups in total. The molecule has 120 valence electrons. The van der Waals surface area contributed by atoms with Crippen LogP contribution < -0.4 is 4.90 Å². The summed E-state index contributed by atoms with van der Waals surface area (Å²) in [5, 5.41) is 0. The van der Waals surface area contributed by atoms with Gasteiger partial charge in [0.1, 0.15) is 0 Å². The van der Waals surface area contributed by atoms with Crippen molar-refractivity contribution in [3.05, 3.63) is 63.6 Å². The van der Waals surface area contributed by atoms with E-state index in [9.17, 15) is 4.79 Å². The van der Waals surface area contributed by atoms with Crippen LogP contribution in [-0.2, 0) is 0 Å². The summed E-state index contributed by atoms with van der Waals surface area (Å²) >= 11 is 3.43. The molecule has 0 aromatic heterocycles. The standard InChI is InChI=1S/C19H21BrN2O/c1-14-6-7-18(15(2)12-14)21-8-10-22(11-9-21)19(23)16-4-3-5-17(20)13-16/h3-7,12-13H,8-11H2,1-2H3. The van der Waals surface area contributed by atoms with Gasteiger partial charge in [-0.3, -0.25) is 4.79 Å². The molecule has 1 aliphatic rings. The van der Waals surface area contributed by atoms with Gasteiger partial charge in [-0.15, -0.1) is 0 Å². The van der Waals surface area contributed by atoms with Gasteiger partial charge in [0.2, 0.25) is 0 Å². The van der Waals surface area contributed by atoms with Gasteiger partial charge in [-0.2, -0.15) is 0 Å². The number of piperazine rings is 1. The molecule has 1 heterocycles. The highest BCUT2D eigenvalue weighted by atomic mass is 79.9. The summed E-state index contributed by atoms with van der Waals surface area (Å²) in [5.41, 5.74) is 4.62. The van der Waals surface area contributed by atoms with Crippen molar-refractivity contribution in [2.24, 2.45) is 0 Å². The van der Waals surface area contributed by atoms with E-state index in [1.54, 1.807) is 0 Å². The van der Waals surface area contributed by atoms with Crippen LogP contribution >= 0.6 is 15.9 Å². The Bertz CT molecular complexity index is 721. The first-order chi connectivity index (χ1) is 11.0. The second-order valence-electron chi connectivity index (χ2n) is 6.08. The molecule has 4 heteroatoms. The smallest absolute Gasteiger partial charge is 0.254 e. The minimum atomic E-state index is 0.117. The van der Waals surface area contributed by atoms with E-state index in [1.165, 1.54) is 16.8 Å². The Morgan fingerprint density at radius 2 is 1.74 bits per heavy atom. The van der Waals surface area contributed by atoms with Crippen molar-refractivity contribution in [1.29, 1.82) is 0 Å². The molecule has 0 saturated carbocycles. The number of hydrogen-bond donors (Lipinski definition) is 0. The lowest BCUT2D eigenvalue weighted by Gasteiger charge is -2.37. The number of halogens is 1. The van der Waals surface area contributed by atoms with Gasteiger partial charge >= 0.3 is 0 Å². The lowest BCUT2D eigenvalue weighted by Crippen LogP contribution is -2.49. The maximum absolute atomic E-state index is 12.6. The molecular weight excluding hydrogens is 352 g/mol. The van der Waals surface area contributed by atoms with Crippen molar-refractivity contribution in [2.75, 3.05) is 31.1 Å². The zero-order chi connectivity index (χ0) is 16.4. The van der Waals surface area contributed by atoms with Crippen molar-refractivity contribution in [3.63, 3.8) is 0 Å². The molecule has 1 aliphatic heterocycles. The number of aryl methyl sites for hydroxylation is 2. The molecule has 0 spiro atoms. The summed E-state index contributed by atoms with van der Waals surface area (Å²) in [6.07, 6.45) is 0. The third-order valence-corrected chi connectivity index (χ3v) is 4.82. The number of carbonyl (C=O) groups excluding carboxylic acids is 1. The number of nitrogens with zero attached hydrogens (tertiary/aromatic N) is 2. The topological polar surface area (TPSA) is 23.6 Å². The highest BCUT2D eigenvalue weighted by Crippen LogP contribution is 2.23. The Labute approximate surface area is 146 Å². The van der Waals surface area contributed by atoms with Crippen LogP contribution in [0.5, 0.6) is 0 Å². The van der Waals surface area contributed by atoms with Crippen LogP contribution in [-0.4, -0.2) is 37.0 Å². The Kier molecular flexibility index (Phi) is 4.71. The number of rotatable bonds is 2. The van der Waals surface area contributed by atoms with Crippen LogP contribution in [0.1, 0.15) is 21.5 Å². The second kappa shape index (κ2) is 6.75. The molecule has 1 fully saturated rings.